The molecule has 4 aromatic carbocycles. The highest BCUT2D eigenvalue weighted by molar-refractivity contribution is 6.01. The molecule has 0 radical (unpaired) electrons. The van der Waals surface area contributed by atoms with Gasteiger partial charge in [-0.1, -0.05) is 66.7 Å². The van der Waals surface area contributed by atoms with E-state index in [9.17, 15) is 0 Å². The Hall–Kier alpha value is -2.80. The normalized spacial score (nSPS) is 11.8. The van der Waals surface area contributed by atoms with Gasteiger partial charge in [-0.05, 0) is 60.0 Å². The van der Waals surface area contributed by atoms with Crippen LogP contribution < -0.4 is 4.74 Å². The van der Waals surface area contributed by atoms with Gasteiger partial charge >= 0.3 is 0 Å². The molecule has 0 aliphatic heterocycles. The molecule has 0 fully saturated rings. The Morgan fingerprint density at radius 3 is 2.04 bits per heavy atom. The fraction of sp³-hybridized carbons (Fsp3) is 0.167. The van der Waals surface area contributed by atoms with Gasteiger partial charge in [-0.2, -0.15) is 0 Å². The third kappa shape index (κ3) is 3.10. The first kappa shape index (κ1) is 15.7. The van der Waals surface area contributed by atoms with Crippen LogP contribution in [0.5, 0.6) is 5.75 Å². The van der Waals surface area contributed by atoms with E-state index in [1.165, 1.54) is 32.7 Å². The van der Waals surface area contributed by atoms with Gasteiger partial charge in [0.05, 0.1) is 0 Å². The van der Waals surface area contributed by atoms with Crippen molar-refractivity contribution in [2.24, 2.45) is 0 Å². The van der Waals surface area contributed by atoms with Crippen molar-refractivity contribution in [2.45, 2.75) is 26.4 Å². The number of ether oxygens (including phenoxy) is 1. The zero-order chi connectivity index (χ0) is 17.4. The molecule has 0 saturated carbocycles. The maximum absolute atomic E-state index is 6.31. The Balaban J connectivity index is 2.00. The van der Waals surface area contributed by atoms with Gasteiger partial charge in [-0.3, -0.25) is 0 Å². The second kappa shape index (κ2) is 5.93. The molecular formula is C24H22O. The topological polar surface area (TPSA) is 9.23 Å². The third-order valence-electron chi connectivity index (χ3n) is 4.35. The molecule has 0 aliphatic carbocycles. The molecule has 4 rings (SSSR count). The van der Waals surface area contributed by atoms with E-state index in [-0.39, 0.29) is 5.60 Å². The zero-order valence-electron chi connectivity index (χ0n) is 14.9. The summed E-state index contributed by atoms with van der Waals surface area (Å²) in [5, 5.41) is 4.95. The third-order valence-corrected chi connectivity index (χ3v) is 4.35. The van der Waals surface area contributed by atoms with Crippen LogP contribution in [0.15, 0.2) is 78.9 Å². The van der Waals surface area contributed by atoms with Crippen molar-refractivity contribution in [3.63, 3.8) is 0 Å². The van der Waals surface area contributed by atoms with Gasteiger partial charge < -0.3 is 4.74 Å². The molecule has 124 valence electrons. The molecule has 0 spiro atoms. The largest absolute Gasteiger partial charge is 0.487 e. The smallest absolute Gasteiger partial charge is 0.128 e. The van der Waals surface area contributed by atoms with E-state index in [0.717, 1.165) is 5.75 Å². The summed E-state index contributed by atoms with van der Waals surface area (Å²) in [5.41, 5.74) is 2.11. The molecule has 0 heterocycles. The van der Waals surface area contributed by atoms with E-state index in [1.54, 1.807) is 0 Å². The van der Waals surface area contributed by atoms with Crippen LogP contribution in [0.2, 0.25) is 0 Å². The van der Waals surface area contributed by atoms with Crippen LogP contribution in [0.3, 0.4) is 0 Å². The molecule has 0 unspecified atom stereocenters. The Bertz CT molecular complexity index is 1050. The van der Waals surface area contributed by atoms with Crippen molar-refractivity contribution in [3.05, 3.63) is 78.9 Å². The molecule has 4 aromatic rings. The Labute approximate surface area is 148 Å². The number of hydrogen-bond acceptors (Lipinski definition) is 1. The van der Waals surface area contributed by atoms with E-state index < -0.39 is 0 Å². The quantitative estimate of drug-likeness (QED) is 0.392. The summed E-state index contributed by atoms with van der Waals surface area (Å²) in [7, 11) is 0. The van der Waals surface area contributed by atoms with Gasteiger partial charge in [-0.15, -0.1) is 0 Å². The van der Waals surface area contributed by atoms with Gasteiger partial charge in [0.1, 0.15) is 11.4 Å². The molecule has 25 heavy (non-hydrogen) atoms. The average Bonchev–Trinajstić information content (AvgIpc) is 2.60. The van der Waals surface area contributed by atoms with E-state index >= 15 is 0 Å². The summed E-state index contributed by atoms with van der Waals surface area (Å²) in [4.78, 5) is 0. The predicted octanol–water partition coefficient (Wildman–Crippen LogP) is 6.84. The van der Waals surface area contributed by atoms with Crippen molar-refractivity contribution >= 4 is 21.5 Å². The summed E-state index contributed by atoms with van der Waals surface area (Å²) in [6.45, 7) is 6.27. The number of fused-ring (bicyclic) bond motifs is 2. The lowest BCUT2D eigenvalue weighted by Crippen LogP contribution is -2.23. The maximum atomic E-state index is 6.31. The Kier molecular flexibility index (Phi) is 3.73. The van der Waals surface area contributed by atoms with E-state index in [2.05, 4.69) is 99.6 Å². The lowest BCUT2D eigenvalue weighted by atomic mass is 9.95. The van der Waals surface area contributed by atoms with Crippen molar-refractivity contribution in [2.75, 3.05) is 0 Å². The minimum atomic E-state index is -0.242. The molecule has 0 aliphatic rings. The van der Waals surface area contributed by atoms with Gasteiger partial charge in [0.2, 0.25) is 0 Å². The molecule has 1 heteroatoms. The highest BCUT2D eigenvalue weighted by Crippen LogP contribution is 2.39. The van der Waals surface area contributed by atoms with Crippen LogP contribution >= 0.6 is 0 Å². The SMILES string of the molecule is CC(C)(C)Oc1ccc2ccccc2c1-c1ccc2ccccc2c1. The summed E-state index contributed by atoms with van der Waals surface area (Å²) in [5.74, 6) is 0.932. The van der Waals surface area contributed by atoms with Gasteiger partial charge in [0, 0.05) is 5.56 Å². The second-order valence-corrected chi connectivity index (χ2v) is 7.44. The highest BCUT2D eigenvalue weighted by Gasteiger charge is 2.17. The van der Waals surface area contributed by atoms with Crippen molar-refractivity contribution in [1.29, 1.82) is 0 Å². The van der Waals surface area contributed by atoms with Gasteiger partial charge in [0.15, 0.2) is 0 Å². The van der Waals surface area contributed by atoms with Crippen molar-refractivity contribution < 1.29 is 4.74 Å². The number of benzene rings is 4. The van der Waals surface area contributed by atoms with E-state index in [1.807, 2.05) is 0 Å². The predicted molar refractivity (Wildman–Crippen MR) is 107 cm³/mol. The highest BCUT2D eigenvalue weighted by atomic mass is 16.5. The monoisotopic (exact) mass is 326 g/mol. The van der Waals surface area contributed by atoms with Crippen LogP contribution in [0.1, 0.15) is 20.8 Å². The van der Waals surface area contributed by atoms with Crippen molar-refractivity contribution in [3.8, 4) is 16.9 Å². The first-order valence-electron chi connectivity index (χ1n) is 8.71. The van der Waals surface area contributed by atoms with E-state index in [4.69, 9.17) is 4.74 Å². The van der Waals surface area contributed by atoms with Crippen molar-refractivity contribution in [1.82, 2.24) is 0 Å². The first-order valence-corrected chi connectivity index (χ1v) is 8.71. The lowest BCUT2D eigenvalue weighted by Gasteiger charge is -2.24. The second-order valence-electron chi connectivity index (χ2n) is 7.44. The van der Waals surface area contributed by atoms with Crippen LogP contribution in [0.4, 0.5) is 0 Å². The fourth-order valence-electron chi connectivity index (χ4n) is 3.31. The Morgan fingerprint density at radius 1 is 0.640 bits per heavy atom. The summed E-state index contributed by atoms with van der Waals surface area (Å²) < 4.78 is 6.31. The standard InChI is InChI=1S/C24H22O/c1-24(2,3)25-22-15-14-18-9-6-7-11-21(18)23(22)20-13-12-17-8-4-5-10-19(17)16-20/h4-16H,1-3H3. The lowest BCUT2D eigenvalue weighted by molar-refractivity contribution is 0.132. The molecule has 1 nitrogen and oxygen atoms in total. The first-order chi connectivity index (χ1) is 12.0. The Morgan fingerprint density at radius 2 is 1.28 bits per heavy atom. The minimum Gasteiger partial charge on any atom is -0.487 e. The number of rotatable bonds is 2. The molecule has 0 amide bonds. The minimum absolute atomic E-state index is 0.242. The summed E-state index contributed by atoms with van der Waals surface area (Å²) in [6, 6.07) is 27.8. The molecule has 0 bridgehead atoms. The van der Waals surface area contributed by atoms with Gasteiger partial charge in [0.25, 0.3) is 0 Å². The van der Waals surface area contributed by atoms with Crippen LogP contribution in [0, 0.1) is 0 Å². The summed E-state index contributed by atoms with van der Waals surface area (Å²) >= 11 is 0. The molecule has 0 atom stereocenters. The summed E-state index contributed by atoms with van der Waals surface area (Å²) in [6.07, 6.45) is 0. The molecule has 0 saturated heterocycles. The van der Waals surface area contributed by atoms with Crippen LogP contribution in [0.25, 0.3) is 32.7 Å². The van der Waals surface area contributed by atoms with Crippen LogP contribution in [-0.4, -0.2) is 5.60 Å². The molecule has 0 N–H and O–H groups in total. The maximum Gasteiger partial charge on any atom is 0.128 e. The number of hydrogen-bond donors (Lipinski definition) is 0. The van der Waals surface area contributed by atoms with Crippen LogP contribution in [-0.2, 0) is 0 Å². The zero-order valence-corrected chi connectivity index (χ0v) is 14.9. The van der Waals surface area contributed by atoms with E-state index in [0.29, 0.717) is 0 Å². The fourth-order valence-corrected chi connectivity index (χ4v) is 3.31. The molecule has 0 aromatic heterocycles. The molecular weight excluding hydrogens is 304 g/mol. The average molecular weight is 326 g/mol. The van der Waals surface area contributed by atoms with Gasteiger partial charge in [-0.25, -0.2) is 0 Å².